The summed E-state index contributed by atoms with van der Waals surface area (Å²) in [6, 6.07) is 0.630. The number of unbranched alkanes of at least 4 members (excludes halogenated alkanes) is 8. The van der Waals surface area contributed by atoms with Gasteiger partial charge in [0, 0.05) is 38.3 Å². The Hall–Kier alpha value is -0.160. The zero-order chi connectivity index (χ0) is 19.0. The molecule has 1 heterocycles. The first kappa shape index (κ1) is 23.9. The van der Waals surface area contributed by atoms with Gasteiger partial charge in [-0.25, -0.2) is 0 Å². The molecule has 0 radical (unpaired) electrons. The zero-order valence-corrected chi connectivity index (χ0v) is 17.6. The van der Waals surface area contributed by atoms with Crippen molar-refractivity contribution in [1.29, 1.82) is 0 Å². The van der Waals surface area contributed by atoms with E-state index in [4.69, 9.17) is 0 Å². The predicted molar refractivity (Wildman–Crippen MR) is 112 cm³/mol. The lowest BCUT2D eigenvalue weighted by atomic mass is 9.89. The molecule has 3 N–H and O–H groups in total. The largest absolute Gasteiger partial charge is 0.396 e. The van der Waals surface area contributed by atoms with Crippen LogP contribution in [0.15, 0.2) is 0 Å². The molecule has 0 saturated carbocycles. The van der Waals surface area contributed by atoms with Crippen molar-refractivity contribution in [2.45, 2.75) is 103 Å². The summed E-state index contributed by atoms with van der Waals surface area (Å²) in [4.78, 5) is 2.52. The fourth-order valence-corrected chi connectivity index (χ4v) is 4.39. The summed E-state index contributed by atoms with van der Waals surface area (Å²) in [6.07, 6.45) is 15.0. The van der Waals surface area contributed by atoms with Crippen molar-refractivity contribution in [3.05, 3.63) is 0 Å². The molecule has 1 aliphatic rings. The molecule has 0 spiro atoms. The van der Waals surface area contributed by atoms with Crippen LogP contribution in [-0.4, -0.2) is 60.0 Å². The van der Waals surface area contributed by atoms with E-state index in [1.165, 1.54) is 64.2 Å². The summed E-state index contributed by atoms with van der Waals surface area (Å²) in [6.45, 7) is 7.96. The Morgan fingerprint density at radius 3 is 2.04 bits per heavy atom. The number of rotatable bonds is 16. The van der Waals surface area contributed by atoms with Gasteiger partial charge in [0.25, 0.3) is 0 Å². The van der Waals surface area contributed by atoms with E-state index in [0.29, 0.717) is 12.0 Å². The molecular formula is C22H46N2O2. The molecule has 0 aliphatic carbocycles. The van der Waals surface area contributed by atoms with E-state index >= 15 is 0 Å². The smallest absolute Gasteiger partial charge is 0.0587 e. The second kappa shape index (κ2) is 15.9. The fourth-order valence-electron chi connectivity index (χ4n) is 4.39. The van der Waals surface area contributed by atoms with Crippen molar-refractivity contribution in [2.24, 2.45) is 5.92 Å². The maximum absolute atomic E-state index is 10.0. The third-order valence-corrected chi connectivity index (χ3v) is 6.10. The van der Waals surface area contributed by atoms with E-state index < -0.39 is 0 Å². The van der Waals surface area contributed by atoms with Gasteiger partial charge in [-0.05, 0) is 18.8 Å². The first-order valence-electron chi connectivity index (χ1n) is 11.5. The van der Waals surface area contributed by atoms with Gasteiger partial charge in [0.05, 0.1) is 6.61 Å². The first-order chi connectivity index (χ1) is 12.8. The standard InChI is InChI=1S/C22H46N2O2/c1-3-5-7-9-11-13-20(18-25)22-17-23-15-16-24(22)21(19-26)14-12-10-8-6-4-2/h20-23,25-26H,3-19H2,1-2H3. The molecule has 26 heavy (non-hydrogen) atoms. The van der Waals surface area contributed by atoms with Crippen LogP contribution in [0.3, 0.4) is 0 Å². The molecule has 156 valence electrons. The lowest BCUT2D eigenvalue weighted by molar-refractivity contribution is 0.0142. The van der Waals surface area contributed by atoms with Gasteiger partial charge in [-0.15, -0.1) is 0 Å². The van der Waals surface area contributed by atoms with Gasteiger partial charge < -0.3 is 15.5 Å². The molecule has 0 bridgehead atoms. The fraction of sp³-hybridized carbons (Fsp3) is 1.00. The Balaban J connectivity index is 2.49. The molecule has 4 nitrogen and oxygen atoms in total. The van der Waals surface area contributed by atoms with E-state index in [-0.39, 0.29) is 19.3 Å². The van der Waals surface area contributed by atoms with E-state index in [2.05, 4.69) is 24.1 Å². The Bertz CT molecular complexity index is 285. The van der Waals surface area contributed by atoms with Gasteiger partial charge in [0.2, 0.25) is 0 Å². The average molecular weight is 371 g/mol. The van der Waals surface area contributed by atoms with Crippen LogP contribution in [0.1, 0.15) is 90.9 Å². The normalized spacial score (nSPS) is 21.0. The van der Waals surface area contributed by atoms with E-state index in [0.717, 1.165) is 32.5 Å². The van der Waals surface area contributed by atoms with Crippen molar-refractivity contribution in [3.8, 4) is 0 Å². The number of hydrogen-bond donors (Lipinski definition) is 3. The minimum Gasteiger partial charge on any atom is -0.396 e. The number of nitrogens with zero attached hydrogens (tertiary/aromatic N) is 1. The third-order valence-electron chi connectivity index (χ3n) is 6.10. The number of nitrogens with one attached hydrogen (secondary N) is 1. The molecule has 3 unspecified atom stereocenters. The van der Waals surface area contributed by atoms with Crippen LogP contribution in [0, 0.1) is 5.92 Å². The highest BCUT2D eigenvalue weighted by Crippen LogP contribution is 2.24. The van der Waals surface area contributed by atoms with Gasteiger partial charge in [0.1, 0.15) is 0 Å². The maximum atomic E-state index is 10.0. The molecule has 3 atom stereocenters. The van der Waals surface area contributed by atoms with Crippen LogP contribution in [0.5, 0.6) is 0 Å². The summed E-state index contributed by atoms with van der Waals surface area (Å²) in [5.41, 5.74) is 0. The summed E-state index contributed by atoms with van der Waals surface area (Å²) < 4.78 is 0. The van der Waals surface area contributed by atoms with Gasteiger partial charge in [-0.2, -0.15) is 0 Å². The molecular weight excluding hydrogens is 324 g/mol. The van der Waals surface area contributed by atoms with Crippen LogP contribution < -0.4 is 5.32 Å². The third kappa shape index (κ3) is 9.16. The summed E-state index contributed by atoms with van der Waals surface area (Å²) in [7, 11) is 0. The quantitative estimate of drug-likeness (QED) is 0.360. The second-order valence-electron chi connectivity index (χ2n) is 8.19. The molecule has 0 aromatic rings. The number of hydrogen-bond acceptors (Lipinski definition) is 4. The van der Waals surface area contributed by atoms with Crippen molar-refractivity contribution in [3.63, 3.8) is 0 Å². The SMILES string of the molecule is CCCCCCCC(CO)C1CNCCN1C(CO)CCCCCCC. The number of piperazine rings is 1. The van der Waals surface area contributed by atoms with Crippen molar-refractivity contribution < 1.29 is 10.2 Å². The van der Waals surface area contributed by atoms with Crippen LogP contribution >= 0.6 is 0 Å². The van der Waals surface area contributed by atoms with Crippen molar-refractivity contribution in [1.82, 2.24) is 10.2 Å². The monoisotopic (exact) mass is 370 g/mol. The van der Waals surface area contributed by atoms with Crippen molar-refractivity contribution in [2.75, 3.05) is 32.8 Å². The minimum atomic E-state index is 0.249. The lowest BCUT2D eigenvalue weighted by Crippen LogP contribution is -2.59. The summed E-state index contributed by atoms with van der Waals surface area (Å²) in [5, 5.41) is 23.5. The average Bonchev–Trinajstić information content (AvgIpc) is 2.68. The topological polar surface area (TPSA) is 55.7 Å². The minimum absolute atomic E-state index is 0.249. The number of aliphatic hydroxyl groups is 2. The summed E-state index contributed by atoms with van der Waals surface area (Å²) in [5.74, 6) is 0.332. The van der Waals surface area contributed by atoms with Crippen LogP contribution in [-0.2, 0) is 0 Å². The predicted octanol–water partition coefficient (Wildman–Crippen LogP) is 3.95. The van der Waals surface area contributed by atoms with Gasteiger partial charge >= 0.3 is 0 Å². The van der Waals surface area contributed by atoms with Gasteiger partial charge in [-0.3, -0.25) is 4.90 Å². The molecule has 1 rings (SSSR count). The van der Waals surface area contributed by atoms with E-state index in [1.54, 1.807) is 0 Å². The van der Waals surface area contributed by atoms with E-state index in [1.807, 2.05) is 0 Å². The van der Waals surface area contributed by atoms with E-state index in [9.17, 15) is 10.2 Å². The zero-order valence-electron chi connectivity index (χ0n) is 17.6. The highest BCUT2D eigenvalue weighted by Gasteiger charge is 2.33. The molecule has 0 aromatic heterocycles. The van der Waals surface area contributed by atoms with Crippen LogP contribution in [0.2, 0.25) is 0 Å². The Labute approximate surface area is 162 Å². The molecule has 1 aliphatic heterocycles. The summed E-state index contributed by atoms with van der Waals surface area (Å²) >= 11 is 0. The van der Waals surface area contributed by atoms with Crippen LogP contribution in [0.25, 0.3) is 0 Å². The number of aliphatic hydroxyl groups excluding tert-OH is 2. The maximum Gasteiger partial charge on any atom is 0.0587 e. The second-order valence-corrected chi connectivity index (χ2v) is 8.19. The molecule has 4 heteroatoms. The van der Waals surface area contributed by atoms with Gasteiger partial charge in [0.15, 0.2) is 0 Å². The Kier molecular flexibility index (Phi) is 14.6. The molecule has 1 saturated heterocycles. The molecule has 0 aromatic carbocycles. The molecule has 1 fully saturated rings. The van der Waals surface area contributed by atoms with Crippen molar-refractivity contribution >= 4 is 0 Å². The molecule has 0 amide bonds. The van der Waals surface area contributed by atoms with Gasteiger partial charge in [-0.1, -0.05) is 78.1 Å². The highest BCUT2D eigenvalue weighted by molar-refractivity contribution is 4.89. The Morgan fingerprint density at radius 1 is 0.846 bits per heavy atom. The highest BCUT2D eigenvalue weighted by atomic mass is 16.3. The van der Waals surface area contributed by atoms with Crippen LogP contribution in [0.4, 0.5) is 0 Å². The first-order valence-corrected chi connectivity index (χ1v) is 11.5. The Morgan fingerprint density at radius 2 is 1.46 bits per heavy atom. The lowest BCUT2D eigenvalue weighted by Gasteiger charge is -2.44.